The number of amides is 2. The van der Waals surface area contributed by atoms with Crippen LogP contribution in [0.25, 0.3) is 11.0 Å². The van der Waals surface area contributed by atoms with Crippen molar-refractivity contribution in [3.05, 3.63) is 84.2 Å². The number of methoxy groups -OCH3 is 1. The van der Waals surface area contributed by atoms with E-state index in [1.165, 1.54) is 41.0 Å². The Labute approximate surface area is 215 Å². The van der Waals surface area contributed by atoms with E-state index in [4.69, 9.17) is 4.74 Å². The second-order valence-electron chi connectivity index (χ2n) is 9.13. The number of benzene rings is 3. The third kappa shape index (κ3) is 6.11. The van der Waals surface area contributed by atoms with Crippen molar-refractivity contribution >= 4 is 28.5 Å². The zero-order valence-corrected chi connectivity index (χ0v) is 21.1. The summed E-state index contributed by atoms with van der Waals surface area (Å²) in [5.74, 6) is -0.265. The number of carbonyl (C=O) groups excluding carboxylic acids is 2. The van der Waals surface area contributed by atoms with Gasteiger partial charge >= 0.3 is 0 Å². The van der Waals surface area contributed by atoms with Gasteiger partial charge in [0.25, 0.3) is 0 Å². The molecule has 37 heavy (non-hydrogen) atoms. The molecule has 9 heteroatoms. The summed E-state index contributed by atoms with van der Waals surface area (Å²) in [6, 6.07) is 18.8. The largest absolute Gasteiger partial charge is 0.497 e. The van der Waals surface area contributed by atoms with Crippen molar-refractivity contribution in [2.24, 2.45) is 5.92 Å². The smallest absolute Gasteiger partial charge is 0.249 e. The first-order valence-electron chi connectivity index (χ1n) is 12.1. The minimum atomic E-state index is -1.03. The summed E-state index contributed by atoms with van der Waals surface area (Å²) in [4.78, 5) is 29.0. The monoisotopic (exact) mass is 503 g/mol. The average Bonchev–Trinajstić information content (AvgIpc) is 3.30. The lowest BCUT2D eigenvalue weighted by atomic mass is 10.0. The number of rotatable bonds is 10. The lowest BCUT2D eigenvalue weighted by Crippen LogP contribution is -2.45. The van der Waals surface area contributed by atoms with Crippen molar-refractivity contribution in [2.45, 2.75) is 32.9 Å². The third-order valence-corrected chi connectivity index (χ3v) is 6.02. The Hall–Kier alpha value is -4.27. The van der Waals surface area contributed by atoms with Crippen molar-refractivity contribution in [1.29, 1.82) is 0 Å². The molecule has 2 amide bonds. The molecule has 4 aromatic rings. The first-order chi connectivity index (χ1) is 17.9. The van der Waals surface area contributed by atoms with Gasteiger partial charge in [-0.2, -0.15) is 0 Å². The lowest BCUT2D eigenvalue weighted by molar-refractivity contribution is -0.127. The van der Waals surface area contributed by atoms with Crippen molar-refractivity contribution < 1.29 is 18.7 Å². The standard InChI is InChI=1S/C28H30FN5O3/c1-19(2)15-16-30-28(36)27(20-7-6-8-23(17-20)37-3)34(22-13-11-21(29)12-14-22)26(35)18-33-25-10-5-4-9-24(25)31-32-33/h4-14,17,19,27H,15-16,18H2,1-3H3,(H,30,36). The van der Waals surface area contributed by atoms with E-state index < -0.39 is 17.8 Å². The second-order valence-corrected chi connectivity index (χ2v) is 9.13. The second kappa shape index (κ2) is 11.6. The van der Waals surface area contributed by atoms with Gasteiger partial charge in [-0.1, -0.05) is 43.3 Å². The van der Waals surface area contributed by atoms with Crippen LogP contribution < -0.4 is 15.0 Å². The van der Waals surface area contributed by atoms with Crippen molar-refractivity contribution in [3.63, 3.8) is 0 Å². The van der Waals surface area contributed by atoms with E-state index in [9.17, 15) is 14.0 Å². The van der Waals surface area contributed by atoms with E-state index in [-0.39, 0.29) is 12.5 Å². The Bertz CT molecular complexity index is 1370. The molecule has 0 bridgehead atoms. The average molecular weight is 504 g/mol. The zero-order chi connectivity index (χ0) is 26.4. The number of fused-ring (bicyclic) bond motifs is 1. The first-order valence-corrected chi connectivity index (χ1v) is 12.1. The number of hydrogen-bond donors (Lipinski definition) is 1. The fourth-order valence-electron chi connectivity index (χ4n) is 4.09. The minimum absolute atomic E-state index is 0.169. The highest BCUT2D eigenvalue weighted by molar-refractivity contribution is 6.01. The Morgan fingerprint density at radius 3 is 2.54 bits per heavy atom. The van der Waals surface area contributed by atoms with Crippen LogP contribution in [-0.4, -0.2) is 40.5 Å². The maximum Gasteiger partial charge on any atom is 0.249 e. The highest BCUT2D eigenvalue weighted by Gasteiger charge is 2.33. The molecule has 1 heterocycles. The molecule has 0 fully saturated rings. The summed E-state index contributed by atoms with van der Waals surface area (Å²) in [5, 5.41) is 11.2. The van der Waals surface area contributed by atoms with Gasteiger partial charge in [-0.05, 0) is 66.4 Å². The van der Waals surface area contributed by atoms with Gasteiger partial charge in [-0.15, -0.1) is 5.10 Å². The maximum absolute atomic E-state index is 13.9. The molecule has 0 spiro atoms. The van der Waals surface area contributed by atoms with Gasteiger partial charge in [-0.3, -0.25) is 14.5 Å². The van der Waals surface area contributed by atoms with Gasteiger partial charge in [-0.25, -0.2) is 9.07 Å². The highest BCUT2D eigenvalue weighted by Crippen LogP contribution is 2.31. The molecule has 1 aromatic heterocycles. The fraction of sp³-hybridized carbons (Fsp3) is 0.286. The predicted molar refractivity (Wildman–Crippen MR) is 140 cm³/mol. The molecule has 1 N–H and O–H groups in total. The number of para-hydroxylation sites is 1. The molecule has 1 atom stereocenters. The van der Waals surface area contributed by atoms with E-state index in [0.29, 0.717) is 40.5 Å². The first kappa shape index (κ1) is 25.8. The molecule has 0 aliphatic heterocycles. The molecule has 1 unspecified atom stereocenters. The summed E-state index contributed by atoms with van der Waals surface area (Å²) in [6.07, 6.45) is 0.784. The van der Waals surface area contributed by atoms with E-state index in [2.05, 4.69) is 29.5 Å². The molecule has 0 saturated carbocycles. The molecular weight excluding hydrogens is 473 g/mol. The van der Waals surface area contributed by atoms with Crippen LogP contribution in [0, 0.1) is 11.7 Å². The van der Waals surface area contributed by atoms with E-state index >= 15 is 0 Å². The normalized spacial score (nSPS) is 11.9. The van der Waals surface area contributed by atoms with Crippen LogP contribution in [0.5, 0.6) is 5.75 Å². The molecular formula is C28H30FN5O3. The van der Waals surface area contributed by atoms with Crippen molar-refractivity contribution in [3.8, 4) is 5.75 Å². The van der Waals surface area contributed by atoms with Crippen LogP contribution in [0.2, 0.25) is 0 Å². The number of nitrogens with one attached hydrogen (secondary N) is 1. The van der Waals surface area contributed by atoms with E-state index in [1.54, 1.807) is 24.3 Å². The summed E-state index contributed by atoms with van der Waals surface area (Å²) in [6.45, 7) is 4.43. The maximum atomic E-state index is 13.9. The molecule has 0 aliphatic carbocycles. The van der Waals surface area contributed by atoms with E-state index in [0.717, 1.165) is 6.42 Å². The number of carbonyl (C=O) groups is 2. The van der Waals surface area contributed by atoms with Gasteiger partial charge < -0.3 is 10.1 Å². The molecule has 0 radical (unpaired) electrons. The van der Waals surface area contributed by atoms with Gasteiger partial charge in [0.1, 0.15) is 29.7 Å². The van der Waals surface area contributed by atoms with Gasteiger partial charge in [0.15, 0.2) is 0 Å². The molecule has 0 saturated heterocycles. The van der Waals surface area contributed by atoms with Crippen LogP contribution in [-0.2, 0) is 16.1 Å². The van der Waals surface area contributed by atoms with Crippen LogP contribution in [0.3, 0.4) is 0 Å². The Balaban J connectivity index is 1.77. The van der Waals surface area contributed by atoms with Gasteiger partial charge in [0.05, 0.1) is 12.6 Å². The van der Waals surface area contributed by atoms with Gasteiger partial charge in [0.2, 0.25) is 11.8 Å². The Morgan fingerprint density at radius 1 is 1.05 bits per heavy atom. The predicted octanol–water partition coefficient (Wildman–Crippen LogP) is 4.52. The summed E-state index contributed by atoms with van der Waals surface area (Å²) in [5.41, 5.74) is 2.28. The number of nitrogens with zero attached hydrogens (tertiary/aromatic N) is 4. The fourth-order valence-corrected chi connectivity index (χ4v) is 4.09. The lowest BCUT2D eigenvalue weighted by Gasteiger charge is -2.32. The zero-order valence-electron chi connectivity index (χ0n) is 21.1. The number of halogens is 1. The van der Waals surface area contributed by atoms with Crippen LogP contribution >= 0.6 is 0 Å². The number of hydrogen-bond acceptors (Lipinski definition) is 5. The molecule has 8 nitrogen and oxygen atoms in total. The Kier molecular flexibility index (Phi) is 8.12. The van der Waals surface area contributed by atoms with E-state index in [1.807, 2.05) is 24.3 Å². The van der Waals surface area contributed by atoms with Crippen LogP contribution in [0.4, 0.5) is 10.1 Å². The summed E-state index contributed by atoms with van der Waals surface area (Å²) < 4.78 is 20.7. The molecule has 4 rings (SSSR count). The quantitative estimate of drug-likeness (QED) is 0.344. The van der Waals surface area contributed by atoms with Crippen LogP contribution in [0.1, 0.15) is 31.9 Å². The number of ether oxygens (including phenoxy) is 1. The Morgan fingerprint density at radius 2 is 1.81 bits per heavy atom. The number of aromatic nitrogens is 3. The van der Waals surface area contributed by atoms with Crippen molar-refractivity contribution in [2.75, 3.05) is 18.6 Å². The molecule has 192 valence electrons. The van der Waals surface area contributed by atoms with Gasteiger partial charge in [0, 0.05) is 12.2 Å². The number of anilines is 1. The minimum Gasteiger partial charge on any atom is -0.497 e. The third-order valence-electron chi connectivity index (χ3n) is 6.02. The molecule has 0 aliphatic rings. The van der Waals surface area contributed by atoms with Crippen LogP contribution in [0.15, 0.2) is 72.8 Å². The highest BCUT2D eigenvalue weighted by atomic mass is 19.1. The summed E-state index contributed by atoms with van der Waals surface area (Å²) in [7, 11) is 1.54. The van der Waals surface area contributed by atoms with Crippen molar-refractivity contribution in [1.82, 2.24) is 20.3 Å². The summed E-state index contributed by atoms with van der Waals surface area (Å²) >= 11 is 0. The topological polar surface area (TPSA) is 89.4 Å². The molecule has 3 aromatic carbocycles. The SMILES string of the molecule is COc1cccc(C(C(=O)NCCC(C)C)N(C(=O)Cn2nnc3ccccc32)c2ccc(F)cc2)c1.